The van der Waals surface area contributed by atoms with Crippen molar-refractivity contribution in [1.82, 2.24) is 0 Å². The third-order valence-electron chi connectivity index (χ3n) is 1.65. The number of ether oxygens (including phenoxy) is 2. The fourth-order valence-corrected chi connectivity index (χ4v) is 0.972. The summed E-state index contributed by atoms with van der Waals surface area (Å²) < 4.78 is 10.2. The highest BCUT2D eigenvalue weighted by atomic mass is 16.5. The molecule has 0 aromatic heterocycles. The number of carbonyl (C=O) groups excluding carboxylic acids is 2. The molecule has 1 amide bonds. The van der Waals surface area contributed by atoms with Gasteiger partial charge in [-0.3, -0.25) is 9.59 Å². The third-order valence-corrected chi connectivity index (χ3v) is 1.65. The first kappa shape index (κ1) is 12.0. The Morgan fingerprint density at radius 3 is 1.88 bits per heavy atom. The average Bonchev–Trinajstić information content (AvgIpc) is 2.25. The van der Waals surface area contributed by atoms with Crippen LogP contribution in [0.2, 0.25) is 0 Å². The zero-order valence-electron chi connectivity index (χ0n) is 8.93. The van der Waals surface area contributed by atoms with Crippen molar-refractivity contribution in [2.45, 2.75) is 6.92 Å². The molecule has 1 aromatic rings. The van der Waals surface area contributed by atoms with Crippen LogP contribution in [0, 0.1) is 0 Å². The molecular weight excluding hydrogens is 210 g/mol. The number of hydrogen-bond acceptors (Lipinski definition) is 4. The van der Waals surface area contributed by atoms with Crippen molar-refractivity contribution in [2.24, 2.45) is 5.73 Å². The van der Waals surface area contributed by atoms with E-state index in [0.29, 0.717) is 11.5 Å². The topological polar surface area (TPSA) is 78.6 Å². The van der Waals surface area contributed by atoms with Crippen molar-refractivity contribution >= 4 is 11.7 Å². The Balaban J connectivity index is 2.47. The van der Waals surface area contributed by atoms with Crippen LogP contribution in [0.25, 0.3) is 0 Å². The summed E-state index contributed by atoms with van der Waals surface area (Å²) >= 11 is 0. The van der Waals surface area contributed by atoms with Crippen LogP contribution in [-0.2, 0) is 9.59 Å². The van der Waals surface area contributed by atoms with Crippen LogP contribution in [0.15, 0.2) is 24.3 Å². The standard InChI is InChI=1S/C11H13NO4/c1-8(13)6-15-9-2-4-10(5-3-9)16-7-11(12)14/h2-5H,6-7H2,1H3,(H2,12,14). The predicted molar refractivity (Wildman–Crippen MR) is 57.3 cm³/mol. The number of hydrogen-bond donors (Lipinski definition) is 1. The molecule has 5 heteroatoms. The van der Waals surface area contributed by atoms with Crippen molar-refractivity contribution in [3.05, 3.63) is 24.3 Å². The van der Waals surface area contributed by atoms with E-state index in [1.165, 1.54) is 6.92 Å². The Hall–Kier alpha value is -2.04. The number of rotatable bonds is 6. The van der Waals surface area contributed by atoms with Gasteiger partial charge in [-0.25, -0.2) is 0 Å². The molecule has 0 bridgehead atoms. The van der Waals surface area contributed by atoms with Gasteiger partial charge in [0, 0.05) is 0 Å². The van der Waals surface area contributed by atoms with Gasteiger partial charge < -0.3 is 15.2 Å². The van der Waals surface area contributed by atoms with Gasteiger partial charge in [-0.2, -0.15) is 0 Å². The van der Waals surface area contributed by atoms with E-state index in [1.807, 2.05) is 0 Å². The third kappa shape index (κ3) is 4.45. The van der Waals surface area contributed by atoms with Gasteiger partial charge in [0.15, 0.2) is 12.4 Å². The first-order valence-corrected chi connectivity index (χ1v) is 4.71. The molecule has 0 aliphatic carbocycles. The highest BCUT2D eigenvalue weighted by Gasteiger charge is 1.99. The van der Waals surface area contributed by atoms with Crippen LogP contribution in [-0.4, -0.2) is 24.9 Å². The Morgan fingerprint density at radius 1 is 1.06 bits per heavy atom. The highest BCUT2D eigenvalue weighted by molar-refractivity contribution is 5.77. The lowest BCUT2D eigenvalue weighted by atomic mass is 10.3. The maximum Gasteiger partial charge on any atom is 0.255 e. The van der Waals surface area contributed by atoms with E-state index in [2.05, 4.69) is 0 Å². The normalized spacial score (nSPS) is 9.56. The Labute approximate surface area is 93.1 Å². The molecule has 0 heterocycles. The minimum absolute atomic E-state index is 0.0431. The quantitative estimate of drug-likeness (QED) is 0.762. The van der Waals surface area contributed by atoms with Crippen molar-refractivity contribution in [3.63, 3.8) is 0 Å². The van der Waals surface area contributed by atoms with Gasteiger partial charge in [0.05, 0.1) is 0 Å². The maximum atomic E-state index is 10.7. The van der Waals surface area contributed by atoms with Crippen LogP contribution >= 0.6 is 0 Å². The molecule has 0 atom stereocenters. The van der Waals surface area contributed by atoms with Gasteiger partial charge in [0.2, 0.25) is 0 Å². The second-order valence-corrected chi connectivity index (χ2v) is 3.22. The Kier molecular flexibility index (Phi) is 4.32. The lowest BCUT2D eigenvalue weighted by molar-refractivity contribution is -0.120. The van der Waals surface area contributed by atoms with Crippen LogP contribution in [0.3, 0.4) is 0 Å². The molecular formula is C11H13NO4. The monoisotopic (exact) mass is 223 g/mol. The summed E-state index contributed by atoms with van der Waals surface area (Å²) in [6.45, 7) is 1.33. The summed E-state index contributed by atoms with van der Waals surface area (Å²) in [4.78, 5) is 21.1. The molecule has 0 saturated carbocycles. The van der Waals surface area contributed by atoms with E-state index in [4.69, 9.17) is 15.2 Å². The second kappa shape index (κ2) is 5.75. The van der Waals surface area contributed by atoms with Crippen LogP contribution in [0.4, 0.5) is 0 Å². The van der Waals surface area contributed by atoms with Gasteiger partial charge in [-0.05, 0) is 31.2 Å². The Bertz CT molecular complexity index is 335. The molecule has 16 heavy (non-hydrogen) atoms. The summed E-state index contributed by atoms with van der Waals surface area (Å²) in [5, 5.41) is 0. The summed E-state index contributed by atoms with van der Waals surface area (Å²) in [7, 11) is 0. The molecule has 5 nitrogen and oxygen atoms in total. The number of Topliss-reactive ketones (excluding diaryl/α,β-unsaturated/α-hetero) is 1. The molecule has 0 aliphatic heterocycles. The molecule has 0 saturated heterocycles. The van der Waals surface area contributed by atoms with Crippen molar-refractivity contribution in [2.75, 3.05) is 13.2 Å². The number of carbonyl (C=O) groups is 2. The average molecular weight is 223 g/mol. The smallest absolute Gasteiger partial charge is 0.255 e. The van der Waals surface area contributed by atoms with Crippen molar-refractivity contribution < 1.29 is 19.1 Å². The summed E-state index contributed by atoms with van der Waals surface area (Å²) in [6, 6.07) is 6.58. The van der Waals surface area contributed by atoms with Gasteiger partial charge in [-0.15, -0.1) is 0 Å². The van der Waals surface area contributed by atoms with E-state index in [-0.39, 0.29) is 19.0 Å². The molecule has 0 unspecified atom stereocenters. The molecule has 0 aliphatic rings. The fourth-order valence-electron chi connectivity index (χ4n) is 0.972. The number of nitrogens with two attached hydrogens (primary N) is 1. The number of benzene rings is 1. The van der Waals surface area contributed by atoms with Gasteiger partial charge in [-0.1, -0.05) is 0 Å². The second-order valence-electron chi connectivity index (χ2n) is 3.22. The lowest BCUT2D eigenvalue weighted by Gasteiger charge is -2.06. The number of amides is 1. The van der Waals surface area contributed by atoms with E-state index >= 15 is 0 Å². The predicted octanol–water partition coefficient (Wildman–Crippen LogP) is 0.518. The Morgan fingerprint density at radius 2 is 1.50 bits per heavy atom. The fraction of sp³-hybridized carbons (Fsp3) is 0.273. The molecule has 2 N–H and O–H groups in total. The molecule has 0 radical (unpaired) electrons. The van der Waals surface area contributed by atoms with Crippen molar-refractivity contribution in [3.8, 4) is 11.5 Å². The highest BCUT2D eigenvalue weighted by Crippen LogP contribution is 2.17. The minimum Gasteiger partial charge on any atom is -0.486 e. The van der Waals surface area contributed by atoms with Gasteiger partial charge in [0.25, 0.3) is 5.91 Å². The molecule has 1 aromatic carbocycles. The van der Waals surface area contributed by atoms with E-state index < -0.39 is 5.91 Å². The molecule has 0 fully saturated rings. The number of ketones is 1. The van der Waals surface area contributed by atoms with Crippen molar-refractivity contribution in [1.29, 1.82) is 0 Å². The minimum atomic E-state index is -0.531. The van der Waals surface area contributed by atoms with E-state index in [0.717, 1.165) is 0 Å². The first-order valence-electron chi connectivity index (χ1n) is 4.71. The SMILES string of the molecule is CC(=O)COc1ccc(OCC(N)=O)cc1. The lowest BCUT2D eigenvalue weighted by Crippen LogP contribution is -2.19. The van der Waals surface area contributed by atoms with E-state index in [9.17, 15) is 9.59 Å². The molecule has 1 rings (SSSR count). The first-order chi connectivity index (χ1) is 7.58. The summed E-state index contributed by atoms with van der Waals surface area (Å²) in [5.41, 5.74) is 4.93. The maximum absolute atomic E-state index is 10.7. The summed E-state index contributed by atoms with van der Waals surface area (Å²) in [6.07, 6.45) is 0. The van der Waals surface area contributed by atoms with Crippen LogP contribution in [0.1, 0.15) is 6.92 Å². The zero-order chi connectivity index (χ0) is 12.0. The van der Waals surface area contributed by atoms with Gasteiger partial charge in [0.1, 0.15) is 18.1 Å². The van der Waals surface area contributed by atoms with Crippen LogP contribution in [0.5, 0.6) is 11.5 Å². The molecule has 0 spiro atoms. The number of primary amides is 1. The zero-order valence-corrected chi connectivity index (χ0v) is 8.93. The molecule has 86 valence electrons. The van der Waals surface area contributed by atoms with E-state index in [1.54, 1.807) is 24.3 Å². The summed E-state index contributed by atoms with van der Waals surface area (Å²) in [5.74, 6) is 0.515. The van der Waals surface area contributed by atoms with Crippen LogP contribution < -0.4 is 15.2 Å². The largest absolute Gasteiger partial charge is 0.486 e. The van der Waals surface area contributed by atoms with Gasteiger partial charge >= 0.3 is 0 Å².